The number of nitrogens with one attached hydrogen (secondary N) is 2. The van der Waals surface area contributed by atoms with E-state index >= 15 is 0 Å². The van der Waals surface area contributed by atoms with Gasteiger partial charge < -0.3 is 10.6 Å². The zero-order chi connectivity index (χ0) is 26.1. The number of hydrogen-bond acceptors (Lipinski definition) is 5. The van der Waals surface area contributed by atoms with Crippen LogP contribution in [0.25, 0.3) is 0 Å². The van der Waals surface area contributed by atoms with Crippen molar-refractivity contribution in [3.8, 4) is 0 Å². The molecule has 2 atom stereocenters. The van der Waals surface area contributed by atoms with Crippen LogP contribution in [0.1, 0.15) is 0 Å². The molecule has 188 valence electrons. The number of benzene rings is 2. The summed E-state index contributed by atoms with van der Waals surface area (Å²) in [6.45, 7) is 0. The summed E-state index contributed by atoms with van der Waals surface area (Å²) in [6, 6.07) is 8.12. The minimum atomic E-state index is -4.52. The minimum absolute atomic E-state index is 0.230. The van der Waals surface area contributed by atoms with Gasteiger partial charge in [0.1, 0.15) is 0 Å². The van der Waals surface area contributed by atoms with Gasteiger partial charge in [0.05, 0.1) is 9.79 Å². The molecule has 0 spiro atoms. The highest BCUT2D eigenvalue weighted by Crippen LogP contribution is 2.38. The highest BCUT2D eigenvalue weighted by atomic mass is 35.6. The van der Waals surface area contributed by atoms with Gasteiger partial charge in [-0.25, -0.2) is 21.6 Å². The maximum atomic E-state index is 13.0. The van der Waals surface area contributed by atoms with Crippen molar-refractivity contribution in [1.29, 1.82) is 0 Å². The Morgan fingerprint density at radius 1 is 0.618 bits per heavy atom. The van der Waals surface area contributed by atoms with Crippen LogP contribution in [0, 0.1) is 0 Å². The average Bonchev–Trinajstić information content (AvgIpc) is 2.69. The van der Waals surface area contributed by atoms with Gasteiger partial charge in [-0.2, -0.15) is 0 Å². The van der Waals surface area contributed by atoms with Crippen LogP contribution < -0.4 is 10.6 Å². The number of carbonyl (C=O) groups is 1. The van der Waals surface area contributed by atoms with Crippen LogP contribution in [-0.2, 0) is 19.7 Å². The molecule has 0 aliphatic carbocycles. The Morgan fingerprint density at radius 2 is 0.882 bits per heavy atom. The van der Waals surface area contributed by atoms with Gasteiger partial charge in [-0.1, -0.05) is 92.8 Å². The number of urea groups is 1. The standard InChI is InChI=1S/C17H12Cl8N2O5S2/c18-9-1-5-11(6-2-9)33(29,30)13(16(20,21)22)26-15(28)27-14(17(23,24)25)34(31,32)12-7-3-10(19)4-8-12/h1-8,13-14H,(H2,26,27,28)/t13-,14-/m1/s1. The summed E-state index contributed by atoms with van der Waals surface area (Å²) < 4.78 is 46.9. The van der Waals surface area contributed by atoms with Crippen LogP contribution in [0.5, 0.6) is 0 Å². The molecule has 0 radical (unpaired) electrons. The lowest BCUT2D eigenvalue weighted by Gasteiger charge is -2.29. The zero-order valence-electron chi connectivity index (χ0n) is 16.2. The maximum absolute atomic E-state index is 13.0. The van der Waals surface area contributed by atoms with Gasteiger partial charge in [-0.15, -0.1) is 0 Å². The molecule has 0 saturated heterocycles. The summed E-state index contributed by atoms with van der Waals surface area (Å²) in [4.78, 5) is 12.0. The molecule has 0 aliphatic heterocycles. The largest absolute Gasteiger partial charge is 0.317 e. The Hall–Kier alpha value is -0.0700. The lowest BCUT2D eigenvalue weighted by molar-refractivity contribution is 0.238. The molecular weight excluding hydrogens is 660 g/mol. The molecule has 7 nitrogen and oxygen atoms in total. The van der Waals surface area contributed by atoms with E-state index in [1.807, 2.05) is 10.6 Å². The third-order valence-corrected chi connectivity index (χ3v) is 10.7. The van der Waals surface area contributed by atoms with Crippen molar-refractivity contribution >= 4 is 119 Å². The highest BCUT2D eigenvalue weighted by Gasteiger charge is 2.48. The number of sulfone groups is 2. The number of amides is 2. The molecule has 17 heteroatoms. The van der Waals surface area contributed by atoms with Crippen LogP contribution in [0.15, 0.2) is 58.3 Å². The Balaban J connectivity index is 2.40. The van der Waals surface area contributed by atoms with Gasteiger partial charge in [-0.3, -0.25) is 0 Å². The predicted molar refractivity (Wildman–Crippen MR) is 137 cm³/mol. The van der Waals surface area contributed by atoms with Crippen LogP contribution in [-0.4, -0.2) is 41.2 Å². The second-order valence-corrected chi connectivity index (χ2v) is 16.1. The molecule has 2 N–H and O–H groups in total. The lowest BCUT2D eigenvalue weighted by atomic mass is 10.4. The van der Waals surface area contributed by atoms with Gasteiger partial charge in [0.2, 0.25) is 27.3 Å². The summed E-state index contributed by atoms with van der Waals surface area (Å²) in [5.74, 6) is 0. The Morgan fingerprint density at radius 3 is 1.12 bits per heavy atom. The van der Waals surface area contributed by atoms with Gasteiger partial charge in [0.15, 0.2) is 10.7 Å². The Bertz CT molecular complexity index is 1150. The summed E-state index contributed by atoms with van der Waals surface area (Å²) in [5.41, 5.74) is 0. The number of rotatable bonds is 6. The SMILES string of the molecule is O=C(N[C@@H](C(Cl)(Cl)Cl)S(=O)(=O)c1ccc(Cl)cc1)N[C@@H](C(Cl)(Cl)Cl)S(=O)(=O)c1ccc(Cl)cc1. The van der Waals surface area contributed by atoms with Crippen molar-refractivity contribution in [2.24, 2.45) is 0 Å². The van der Waals surface area contributed by atoms with Gasteiger partial charge >= 0.3 is 6.03 Å². The first-order chi connectivity index (χ1) is 15.4. The highest BCUT2D eigenvalue weighted by molar-refractivity contribution is 7.92. The van der Waals surface area contributed by atoms with Crippen molar-refractivity contribution in [3.05, 3.63) is 58.6 Å². The van der Waals surface area contributed by atoms with Crippen LogP contribution in [0.3, 0.4) is 0 Å². The van der Waals surface area contributed by atoms with E-state index in [-0.39, 0.29) is 19.8 Å². The molecule has 34 heavy (non-hydrogen) atoms. The molecule has 2 rings (SSSR count). The van der Waals surface area contributed by atoms with E-state index in [1.165, 1.54) is 24.3 Å². The van der Waals surface area contributed by atoms with E-state index in [0.717, 1.165) is 24.3 Å². The van der Waals surface area contributed by atoms with Crippen LogP contribution in [0.2, 0.25) is 10.0 Å². The Labute approximate surface area is 235 Å². The normalized spacial score (nSPS) is 14.8. The second-order valence-electron chi connectivity index (χ2n) is 6.46. The van der Waals surface area contributed by atoms with E-state index < -0.39 is 44.0 Å². The topological polar surface area (TPSA) is 109 Å². The first kappa shape index (κ1) is 30.2. The third kappa shape index (κ3) is 7.47. The molecule has 0 bridgehead atoms. The summed E-state index contributed by atoms with van der Waals surface area (Å²) in [6.07, 6.45) is 0. The summed E-state index contributed by atoms with van der Waals surface area (Å²) in [7, 11) is -9.05. The fraction of sp³-hybridized carbons (Fsp3) is 0.235. The molecule has 0 unspecified atom stereocenters. The first-order valence-corrected chi connectivity index (χ1v) is 14.7. The summed E-state index contributed by atoms with van der Waals surface area (Å²) >= 11 is 46.4. The molecule has 0 saturated carbocycles. The monoisotopic (exact) mass is 668 g/mol. The molecular formula is C17H12Cl8N2O5S2. The molecule has 2 aromatic carbocycles. The maximum Gasteiger partial charge on any atom is 0.317 e. The zero-order valence-corrected chi connectivity index (χ0v) is 23.8. The molecule has 0 fully saturated rings. The van der Waals surface area contributed by atoms with Gasteiger partial charge in [0.25, 0.3) is 0 Å². The first-order valence-electron chi connectivity index (χ1n) is 8.56. The summed E-state index contributed by atoms with van der Waals surface area (Å²) in [5, 5.41) is -0.0665. The number of hydrogen-bond donors (Lipinski definition) is 2. The second kappa shape index (κ2) is 11.1. The van der Waals surface area contributed by atoms with E-state index in [0.29, 0.717) is 0 Å². The molecule has 0 heterocycles. The molecule has 0 aromatic heterocycles. The minimum Gasteiger partial charge on any atom is -0.317 e. The lowest BCUT2D eigenvalue weighted by Crippen LogP contribution is -2.57. The fourth-order valence-corrected chi connectivity index (χ4v) is 7.96. The van der Waals surface area contributed by atoms with Crippen molar-refractivity contribution in [1.82, 2.24) is 10.6 Å². The van der Waals surface area contributed by atoms with Gasteiger partial charge in [-0.05, 0) is 48.5 Å². The van der Waals surface area contributed by atoms with Crippen LogP contribution >= 0.6 is 92.8 Å². The Kier molecular flexibility index (Phi) is 9.87. The average molecular weight is 672 g/mol. The van der Waals surface area contributed by atoms with E-state index in [2.05, 4.69) is 0 Å². The van der Waals surface area contributed by atoms with E-state index in [4.69, 9.17) is 92.8 Å². The van der Waals surface area contributed by atoms with E-state index in [9.17, 15) is 21.6 Å². The molecule has 2 amide bonds. The molecule has 0 aliphatic rings. The quantitative estimate of drug-likeness (QED) is 0.370. The predicted octanol–water partition coefficient (Wildman–Crippen LogP) is 5.93. The van der Waals surface area contributed by atoms with Crippen LogP contribution in [0.4, 0.5) is 4.79 Å². The van der Waals surface area contributed by atoms with E-state index in [1.54, 1.807) is 0 Å². The number of alkyl halides is 6. The number of halogens is 8. The van der Waals surface area contributed by atoms with Gasteiger partial charge in [0, 0.05) is 10.0 Å². The number of carbonyl (C=O) groups excluding carboxylic acids is 1. The smallest absolute Gasteiger partial charge is 0.317 e. The fourth-order valence-electron chi connectivity index (χ4n) is 2.47. The molecule has 2 aromatic rings. The van der Waals surface area contributed by atoms with Crippen molar-refractivity contribution < 1.29 is 21.6 Å². The third-order valence-electron chi connectivity index (χ3n) is 4.02. The van der Waals surface area contributed by atoms with Crippen molar-refractivity contribution in [2.45, 2.75) is 28.1 Å². The van der Waals surface area contributed by atoms with Crippen molar-refractivity contribution in [3.63, 3.8) is 0 Å². The van der Waals surface area contributed by atoms with Crippen molar-refractivity contribution in [2.75, 3.05) is 0 Å².